The highest BCUT2D eigenvalue weighted by atomic mass is 35.5. The fraction of sp³-hybridized carbons (Fsp3) is 0.333. The minimum Gasteiger partial charge on any atom is -0.490 e. The van der Waals surface area contributed by atoms with Gasteiger partial charge in [-0.05, 0) is 60.8 Å². The maximum atomic E-state index is 6.70. The molecular formula is C27H30Cl2N2O2. The van der Waals surface area contributed by atoms with Gasteiger partial charge in [0.1, 0.15) is 6.61 Å². The number of hydrogen-bond acceptors (Lipinski definition) is 4. The van der Waals surface area contributed by atoms with Gasteiger partial charge in [-0.3, -0.25) is 4.90 Å². The van der Waals surface area contributed by atoms with Crippen molar-refractivity contribution in [3.05, 3.63) is 93.5 Å². The number of rotatable bonds is 8. The van der Waals surface area contributed by atoms with Crippen molar-refractivity contribution in [1.29, 1.82) is 0 Å². The van der Waals surface area contributed by atoms with Crippen molar-refractivity contribution < 1.29 is 9.47 Å². The first-order chi connectivity index (χ1) is 16.2. The van der Waals surface area contributed by atoms with E-state index < -0.39 is 0 Å². The van der Waals surface area contributed by atoms with Gasteiger partial charge in [0, 0.05) is 29.7 Å². The number of nitrogens with zero attached hydrogens (tertiary/aromatic N) is 1. The number of halogens is 2. The molecular weight excluding hydrogens is 455 g/mol. The van der Waals surface area contributed by atoms with E-state index in [-0.39, 0.29) is 6.04 Å². The number of benzene rings is 3. The van der Waals surface area contributed by atoms with Gasteiger partial charge >= 0.3 is 0 Å². The molecule has 1 aliphatic heterocycles. The fourth-order valence-electron chi connectivity index (χ4n) is 4.25. The molecule has 6 heteroatoms. The highest BCUT2D eigenvalue weighted by molar-refractivity contribution is 6.35. The lowest BCUT2D eigenvalue weighted by Crippen LogP contribution is -2.33. The summed E-state index contributed by atoms with van der Waals surface area (Å²) in [5, 5.41) is 4.80. The van der Waals surface area contributed by atoms with Crippen LogP contribution in [0.3, 0.4) is 0 Å². The first-order valence-electron chi connectivity index (χ1n) is 11.5. The van der Waals surface area contributed by atoms with Gasteiger partial charge in [0.25, 0.3) is 0 Å². The molecule has 1 saturated heterocycles. The summed E-state index contributed by atoms with van der Waals surface area (Å²) in [5.74, 6) is 1.48. The Labute approximate surface area is 206 Å². The monoisotopic (exact) mass is 484 g/mol. The molecule has 1 atom stereocenters. The van der Waals surface area contributed by atoms with Crippen molar-refractivity contribution in [3.63, 3.8) is 0 Å². The van der Waals surface area contributed by atoms with Crippen LogP contribution >= 0.6 is 23.2 Å². The molecule has 1 N–H and O–H groups in total. The van der Waals surface area contributed by atoms with Crippen molar-refractivity contribution in [2.24, 2.45) is 0 Å². The lowest BCUT2D eigenvalue weighted by Gasteiger charge is -2.32. The van der Waals surface area contributed by atoms with Crippen LogP contribution in [0.15, 0.2) is 66.7 Å². The summed E-state index contributed by atoms with van der Waals surface area (Å²) in [6.45, 7) is 6.91. The van der Waals surface area contributed by atoms with Crippen LogP contribution in [0.2, 0.25) is 10.0 Å². The lowest BCUT2D eigenvalue weighted by molar-refractivity contribution is 0.238. The van der Waals surface area contributed by atoms with Gasteiger partial charge in [0.05, 0.1) is 12.6 Å². The summed E-state index contributed by atoms with van der Waals surface area (Å²) >= 11 is 12.9. The summed E-state index contributed by atoms with van der Waals surface area (Å²) in [6, 6.07) is 22.1. The van der Waals surface area contributed by atoms with E-state index in [9.17, 15) is 0 Å². The van der Waals surface area contributed by atoms with Gasteiger partial charge in [0.15, 0.2) is 11.5 Å². The van der Waals surface area contributed by atoms with Gasteiger partial charge in [-0.2, -0.15) is 0 Å². The molecule has 174 valence electrons. The lowest BCUT2D eigenvalue weighted by atomic mass is 9.96. The van der Waals surface area contributed by atoms with E-state index in [0.717, 1.165) is 60.8 Å². The molecule has 1 aliphatic rings. The quantitative estimate of drug-likeness (QED) is 0.403. The van der Waals surface area contributed by atoms with E-state index in [1.165, 1.54) is 0 Å². The van der Waals surface area contributed by atoms with Gasteiger partial charge in [-0.25, -0.2) is 0 Å². The third kappa shape index (κ3) is 6.21. The normalized spacial score (nSPS) is 15.6. The van der Waals surface area contributed by atoms with E-state index in [4.69, 9.17) is 32.7 Å². The smallest absolute Gasteiger partial charge is 0.161 e. The number of nitrogens with one attached hydrogen (secondary N) is 1. The van der Waals surface area contributed by atoms with E-state index in [1.54, 1.807) is 0 Å². The molecule has 33 heavy (non-hydrogen) atoms. The van der Waals surface area contributed by atoms with E-state index >= 15 is 0 Å². The summed E-state index contributed by atoms with van der Waals surface area (Å²) in [6.07, 6.45) is 1.08. The average Bonchev–Trinajstić information content (AvgIpc) is 3.10. The van der Waals surface area contributed by atoms with Crippen LogP contribution in [0.4, 0.5) is 0 Å². The first kappa shape index (κ1) is 23.9. The minimum atomic E-state index is -0.00274. The standard InChI is InChI=1S/C27H30Cl2N2O2/c1-2-32-26-17-21(9-12-25(26)33-19-20-7-4-3-5-8-20)27(31-15-6-13-30-14-16-31)23-11-10-22(28)18-24(23)29/h3-5,7-12,17-18,27,30H,2,6,13-16,19H2,1H3. The van der Waals surface area contributed by atoms with Crippen molar-refractivity contribution in [1.82, 2.24) is 10.2 Å². The third-order valence-corrected chi connectivity index (χ3v) is 6.38. The Morgan fingerprint density at radius 1 is 0.909 bits per heavy atom. The van der Waals surface area contributed by atoms with Crippen LogP contribution in [0.25, 0.3) is 0 Å². The molecule has 0 saturated carbocycles. The molecule has 3 aromatic rings. The molecule has 4 nitrogen and oxygen atoms in total. The zero-order valence-electron chi connectivity index (χ0n) is 18.9. The Balaban J connectivity index is 1.68. The predicted molar refractivity (Wildman–Crippen MR) is 136 cm³/mol. The Bertz CT molecular complexity index is 1040. The predicted octanol–water partition coefficient (Wildman–Crippen LogP) is 6.36. The molecule has 1 unspecified atom stereocenters. The second kappa shape index (κ2) is 11.8. The van der Waals surface area contributed by atoms with Gasteiger partial charge < -0.3 is 14.8 Å². The van der Waals surface area contributed by atoms with Crippen LogP contribution in [-0.4, -0.2) is 37.7 Å². The molecule has 0 aliphatic carbocycles. The highest BCUT2D eigenvalue weighted by Crippen LogP contribution is 2.39. The van der Waals surface area contributed by atoms with Gasteiger partial charge in [-0.15, -0.1) is 0 Å². The largest absolute Gasteiger partial charge is 0.490 e. The van der Waals surface area contributed by atoms with Crippen LogP contribution in [0, 0.1) is 0 Å². The van der Waals surface area contributed by atoms with E-state index in [1.807, 2.05) is 49.4 Å². The fourth-order valence-corrected chi connectivity index (χ4v) is 4.76. The highest BCUT2D eigenvalue weighted by Gasteiger charge is 2.26. The molecule has 0 spiro atoms. The first-order valence-corrected chi connectivity index (χ1v) is 12.2. The third-order valence-electron chi connectivity index (χ3n) is 5.82. The zero-order chi connectivity index (χ0) is 23.0. The van der Waals surface area contributed by atoms with Gasteiger partial charge in [0.2, 0.25) is 0 Å². The van der Waals surface area contributed by atoms with Crippen LogP contribution < -0.4 is 14.8 Å². The Hall–Kier alpha value is -2.24. The average molecular weight is 485 g/mol. The van der Waals surface area contributed by atoms with Crippen LogP contribution in [-0.2, 0) is 6.61 Å². The number of ether oxygens (including phenoxy) is 2. The summed E-state index contributed by atoms with van der Waals surface area (Å²) in [7, 11) is 0. The summed E-state index contributed by atoms with van der Waals surface area (Å²) in [5.41, 5.74) is 3.28. The molecule has 4 rings (SSSR count). The van der Waals surface area contributed by atoms with Crippen LogP contribution in [0.5, 0.6) is 11.5 Å². The van der Waals surface area contributed by atoms with E-state index in [0.29, 0.717) is 23.3 Å². The Kier molecular flexibility index (Phi) is 8.51. The van der Waals surface area contributed by atoms with Crippen molar-refractivity contribution in [2.45, 2.75) is 26.0 Å². The molecule has 3 aromatic carbocycles. The van der Waals surface area contributed by atoms with Crippen molar-refractivity contribution in [3.8, 4) is 11.5 Å². The number of hydrogen-bond donors (Lipinski definition) is 1. The molecule has 0 bridgehead atoms. The summed E-state index contributed by atoms with van der Waals surface area (Å²) in [4.78, 5) is 2.48. The van der Waals surface area contributed by atoms with Crippen LogP contribution in [0.1, 0.15) is 36.1 Å². The second-order valence-corrected chi connectivity index (χ2v) is 8.96. The van der Waals surface area contributed by atoms with E-state index in [2.05, 4.69) is 34.5 Å². The molecule has 0 amide bonds. The van der Waals surface area contributed by atoms with Gasteiger partial charge in [-0.1, -0.05) is 65.7 Å². The molecule has 1 heterocycles. The minimum absolute atomic E-state index is 0.00274. The Morgan fingerprint density at radius 3 is 2.55 bits per heavy atom. The van der Waals surface area contributed by atoms with Crippen molar-refractivity contribution >= 4 is 23.2 Å². The SMILES string of the molecule is CCOc1cc(C(c2ccc(Cl)cc2Cl)N2CCCNCC2)ccc1OCc1ccccc1. The maximum Gasteiger partial charge on any atom is 0.161 e. The second-order valence-electron chi connectivity index (χ2n) is 8.12. The Morgan fingerprint density at radius 2 is 1.76 bits per heavy atom. The van der Waals surface area contributed by atoms with Crippen molar-refractivity contribution in [2.75, 3.05) is 32.8 Å². The molecule has 0 aromatic heterocycles. The zero-order valence-corrected chi connectivity index (χ0v) is 20.4. The summed E-state index contributed by atoms with van der Waals surface area (Å²) < 4.78 is 12.1. The molecule has 0 radical (unpaired) electrons. The maximum absolute atomic E-state index is 6.70. The topological polar surface area (TPSA) is 33.7 Å². The molecule has 1 fully saturated rings.